The second kappa shape index (κ2) is 8.96. The standard InChI is InChI=1S/C21H16ClFN2O2/c22-17-10-8-15(9-11-17)14-27-20-7-2-1-6-19(20)21(26)25-24-13-16-4-3-5-18(23)12-16/h1-13H,14H2,(H,25,26). The SMILES string of the molecule is O=C(NN=Cc1cccc(F)c1)c1ccccc1OCc1ccc(Cl)cc1. The topological polar surface area (TPSA) is 50.7 Å². The van der Waals surface area contributed by atoms with Gasteiger partial charge in [0.15, 0.2) is 0 Å². The van der Waals surface area contributed by atoms with Crippen LogP contribution in [0.4, 0.5) is 4.39 Å². The number of benzene rings is 3. The summed E-state index contributed by atoms with van der Waals surface area (Å²) in [7, 11) is 0. The van der Waals surface area contributed by atoms with Crippen LogP contribution in [0.25, 0.3) is 0 Å². The van der Waals surface area contributed by atoms with E-state index in [1.807, 2.05) is 12.1 Å². The molecule has 4 nitrogen and oxygen atoms in total. The van der Waals surface area contributed by atoms with Gasteiger partial charge in [-0.3, -0.25) is 4.79 Å². The van der Waals surface area contributed by atoms with Crippen LogP contribution in [0.1, 0.15) is 21.5 Å². The number of carbonyl (C=O) groups excluding carboxylic acids is 1. The van der Waals surface area contributed by atoms with E-state index in [0.29, 0.717) is 28.5 Å². The summed E-state index contributed by atoms with van der Waals surface area (Å²) in [6.45, 7) is 0.300. The minimum atomic E-state index is -0.422. The number of nitrogens with zero attached hydrogens (tertiary/aromatic N) is 1. The fourth-order valence-corrected chi connectivity index (χ4v) is 2.46. The highest BCUT2D eigenvalue weighted by Crippen LogP contribution is 2.20. The highest BCUT2D eigenvalue weighted by Gasteiger charge is 2.11. The molecular formula is C21H16ClFN2O2. The maximum Gasteiger partial charge on any atom is 0.275 e. The molecule has 27 heavy (non-hydrogen) atoms. The summed E-state index contributed by atoms with van der Waals surface area (Å²) in [5.74, 6) is -0.355. The second-order valence-electron chi connectivity index (χ2n) is 5.67. The Morgan fingerprint density at radius 1 is 1.07 bits per heavy atom. The van der Waals surface area contributed by atoms with Gasteiger partial charge in [-0.05, 0) is 47.5 Å². The monoisotopic (exact) mass is 382 g/mol. The van der Waals surface area contributed by atoms with Crippen molar-refractivity contribution >= 4 is 23.7 Å². The Morgan fingerprint density at radius 3 is 2.63 bits per heavy atom. The lowest BCUT2D eigenvalue weighted by Crippen LogP contribution is -2.18. The summed E-state index contributed by atoms with van der Waals surface area (Å²) in [4.78, 5) is 12.4. The highest BCUT2D eigenvalue weighted by atomic mass is 35.5. The number of nitrogens with one attached hydrogen (secondary N) is 1. The highest BCUT2D eigenvalue weighted by molar-refractivity contribution is 6.30. The Labute approximate surface area is 161 Å². The number of carbonyl (C=O) groups is 1. The average molecular weight is 383 g/mol. The van der Waals surface area contributed by atoms with Crippen molar-refractivity contribution in [3.05, 3.63) is 100 Å². The smallest absolute Gasteiger partial charge is 0.275 e. The molecule has 0 radical (unpaired) electrons. The summed E-state index contributed by atoms with van der Waals surface area (Å²) in [6.07, 6.45) is 1.37. The van der Waals surface area contributed by atoms with E-state index in [1.165, 1.54) is 18.3 Å². The van der Waals surface area contributed by atoms with Crippen molar-refractivity contribution in [3.8, 4) is 5.75 Å². The first-order valence-electron chi connectivity index (χ1n) is 8.17. The third kappa shape index (κ3) is 5.39. The van der Waals surface area contributed by atoms with Crippen LogP contribution in [0.2, 0.25) is 5.02 Å². The molecule has 0 heterocycles. The molecule has 136 valence electrons. The molecule has 1 amide bonds. The number of ether oxygens (including phenoxy) is 1. The summed E-state index contributed by atoms with van der Waals surface area (Å²) < 4.78 is 18.9. The van der Waals surface area contributed by atoms with Crippen molar-refractivity contribution in [2.24, 2.45) is 5.10 Å². The molecule has 3 aromatic carbocycles. The largest absolute Gasteiger partial charge is 0.488 e. The maximum atomic E-state index is 13.1. The summed E-state index contributed by atoms with van der Waals surface area (Å²) >= 11 is 5.87. The van der Waals surface area contributed by atoms with Gasteiger partial charge in [-0.2, -0.15) is 5.10 Å². The molecule has 0 spiro atoms. The summed E-state index contributed by atoms with van der Waals surface area (Å²) in [5, 5.41) is 4.51. The van der Waals surface area contributed by atoms with Gasteiger partial charge in [0.05, 0.1) is 11.8 Å². The van der Waals surface area contributed by atoms with Crippen LogP contribution >= 0.6 is 11.6 Å². The maximum absolute atomic E-state index is 13.1. The van der Waals surface area contributed by atoms with E-state index < -0.39 is 5.91 Å². The first kappa shape index (κ1) is 18.6. The van der Waals surface area contributed by atoms with Gasteiger partial charge in [0.25, 0.3) is 5.91 Å². The minimum Gasteiger partial charge on any atom is -0.488 e. The van der Waals surface area contributed by atoms with Gasteiger partial charge < -0.3 is 4.74 Å². The second-order valence-corrected chi connectivity index (χ2v) is 6.10. The Hall–Kier alpha value is -3.18. The van der Waals surface area contributed by atoms with Crippen LogP contribution in [-0.4, -0.2) is 12.1 Å². The number of hydrogen-bond acceptors (Lipinski definition) is 3. The zero-order valence-corrected chi connectivity index (χ0v) is 15.0. The van der Waals surface area contributed by atoms with Crippen molar-refractivity contribution in [1.82, 2.24) is 5.43 Å². The predicted molar refractivity (Wildman–Crippen MR) is 104 cm³/mol. The van der Waals surface area contributed by atoms with Crippen LogP contribution in [0, 0.1) is 5.82 Å². The van der Waals surface area contributed by atoms with E-state index in [0.717, 1.165) is 5.56 Å². The zero-order valence-electron chi connectivity index (χ0n) is 14.2. The summed E-state index contributed by atoms with van der Waals surface area (Å²) in [5.41, 5.74) is 4.25. The molecule has 1 N–H and O–H groups in total. The zero-order chi connectivity index (χ0) is 19.1. The molecule has 3 aromatic rings. The predicted octanol–water partition coefficient (Wildman–Crippen LogP) is 4.82. The van der Waals surface area contributed by atoms with Crippen LogP contribution in [0.5, 0.6) is 5.75 Å². The third-order valence-electron chi connectivity index (χ3n) is 3.67. The number of rotatable bonds is 6. The molecule has 0 aliphatic carbocycles. The number of hydrazone groups is 1. The lowest BCUT2D eigenvalue weighted by molar-refractivity contribution is 0.0950. The summed E-state index contributed by atoms with van der Waals surface area (Å²) in [6, 6.07) is 20.0. The number of amides is 1. The number of hydrogen-bond donors (Lipinski definition) is 1. The van der Waals surface area contributed by atoms with E-state index in [2.05, 4.69) is 10.5 Å². The van der Waals surface area contributed by atoms with Gasteiger partial charge in [0.2, 0.25) is 0 Å². The van der Waals surface area contributed by atoms with E-state index >= 15 is 0 Å². The normalized spacial score (nSPS) is 10.7. The molecule has 0 aliphatic heterocycles. The molecule has 0 saturated heterocycles. The fraction of sp³-hybridized carbons (Fsp3) is 0.0476. The molecule has 0 bridgehead atoms. The van der Waals surface area contributed by atoms with Crippen molar-refractivity contribution in [1.29, 1.82) is 0 Å². The third-order valence-corrected chi connectivity index (χ3v) is 3.92. The van der Waals surface area contributed by atoms with Crippen LogP contribution in [0.3, 0.4) is 0 Å². The van der Waals surface area contributed by atoms with Crippen molar-refractivity contribution in [2.75, 3.05) is 0 Å². The molecule has 0 atom stereocenters. The molecule has 6 heteroatoms. The molecule has 0 fully saturated rings. The van der Waals surface area contributed by atoms with Crippen molar-refractivity contribution < 1.29 is 13.9 Å². The van der Waals surface area contributed by atoms with E-state index in [9.17, 15) is 9.18 Å². The fourth-order valence-electron chi connectivity index (χ4n) is 2.33. The first-order chi connectivity index (χ1) is 13.1. The Morgan fingerprint density at radius 2 is 1.85 bits per heavy atom. The van der Waals surface area contributed by atoms with Gasteiger partial charge in [-0.15, -0.1) is 0 Å². The molecule has 0 aliphatic rings. The Kier molecular flexibility index (Phi) is 6.18. The Bertz CT molecular complexity index is 958. The van der Waals surface area contributed by atoms with Gasteiger partial charge in [-0.25, -0.2) is 9.82 Å². The van der Waals surface area contributed by atoms with Crippen LogP contribution < -0.4 is 10.2 Å². The molecule has 0 aromatic heterocycles. The molecule has 0 unspecified atom stereocenters. The van der Waals surface area contributed by atoms with Gasteiger partial charge in [0, 0.05) is 5.02 Å². The number of halogens is 2. The molecule has 3 rings (SSSR count). The van der Waals surface area contributed by atoms with Gasteiger partial charge in [0.1, 0.15) is 18.2 Å². The average Bonchev–Trinajstić information content (AvgIpc) is 2.68. The van der Waals surface area contributed by atoms with Crippen LogP contribution in [0.15, 0.2) is 77.9 Å². The molecule has 0 saturated carbocycles. The lowest BCUT2D eigenvalue weighted by Gasteiger charge is -2.10. The minimum absolute atomic E-state index is 0.300. The molecular weight excluding hydrogens is 367 g/mol. The van der Waals surface area contributed by atoms with Crippen molar-refractivity contribution in [3.63, 3.8) is 0 Å². The number of para-hydroxylation sites is 1. The van der Waals surface area contributed by atoms with Gasteiger partial charge >= 0.3 is 0 Å². The van der Waals surface area contributed by atoms with Gasteiger partial charge in [-0.1, -0.05) is 48.0 Å². The van der Waals surface area contributed by atoms with E-state index in [4.69, 9.17) is 16.3 Å². The van der Waals surface area contributed by atoms with Crippen LogP contribution in [-0.2, 0) is 6.61 Å². The van der Waals surface area contributed by atoms with E-state index in [1.54, 1.807) is 48.5 Å². The van der Waals surface area contributed by atoms with Crippen molar-refractivity contribution in [2.45, 2.75) is 6.61 Å². The first-order valence-corrected chi connectivity index (χ1v) is 8.55. The lowest BCUT2D eigenvalue weighted by atomic mass is 10.2. The Balaban J connectivity index is 1.65. The quantitative estimate of drug-likeness (QED) is 0.490. The van der Waals surface area contributed by atoms with E-state index in [-0.39, 0.29) is 5.82 Å².